The van der Waals surface area contributed by atoms with Crippen molar-refractivity contribution < 1.29 is 9.59 Å². The molecule has 1 heterocycles. The monoisotopic (exact) mass is 321 g/mol. The molecule has 5 heteroatoms. The Morgan fingerprint density at radius 1 is 1.12 bits per heavy atom. The first-order valence-electron chi connectivity index (χ1n) is 7.97. The predicted octanol–water partition coefficient (Wildman–Crippen LogP) is 2.30. The summed E-state index contributed by atoms with van der Waals surface area (Å²) in [6.07, 6.45) is 7.02. The molecule has 2 amide bonds. The molecule has 0 bridgehead atoms. The number of benzene rings is 1. The normalized spacial score (nSPS) is 13.7. The van der Waals surface area contributed by atoms with E-state index in [2.05, 4.69) is 15.6 Å². The Morgan fingerprint density at radius 3 is 2.58 bits per heavy atom. The first-order valence-corrected chi connectivity index (χ1v) is 7.97. The topological polar surface area (TPSA) is 71.1 Å². The Bertz CT molecular complexity index is 735. The minimum atomic E-state index is -0.184. The van der Waals surface area contributed by atoms with Crippen molar-refractivity contribution in [1.82, 2.24) is 15.6 Å². The zero-order valence-corrected chi connectivity index (χ0v) is 13.2. The number of aromatic nitrogens is 1. The summed E-state index contributed by atoms with van der Waals surface area (Å²) in [5.74, 6) is -0.225. The molecule has 0 atom stereocenters. The third-order valence-electron chi connectivity index (χ3n) is 3.68. The van der Waals surface area contributed by atoms with E-state index in [9.17, 15) is 9.59 Å². The summed E-state index contributed by atoms with van der Waals surface area (Å²) in [4.78, 5) is 27.8. The van der Waals surface area contributed by atoms with Gasteiger partial charge in [-0.3, -0.25) is 14.6 Å². The average Bonchev–Trinajstić information content (AvgIpc) is 3.43. The summed E-state index contributed by atoms with van der Waals surface area (Å²) in [5.41, 5.74) is 2.31. The highest BCUT2D eigenvalue weighted by atomic mass is 16.2. The molecule has 1 aromatic heterocycles. The second kappa shape index (κ2) is 7.55. The highest BCUT2D eigenvalue weighted by Crippen LogP contribution is 2.19. The fraction of sp³-hybridized carbons (Fsp3) is 0.211. The van der Waals surface area contributed by atoms with Crippen LogP contribution in [0.3, 0.4) is 0 Å². The molecule has 0 saturated heterocycles. The summed E-state index contributed by atoms with van der Waals surface area (Å²) >= 11 is 0. The second-order valence-corrected chi connectivity index (χ2v) is 5.74. The van der Waals surface area contributed by atoms with Gasteiger partial charge in [0, 0.05) is 23.9 Å². The molecule has 2 N–H and O–H groups in total. The van der Waals surface area contributed by atoms with Gasteiger partial charge in [-0.15, -0.1) is 0 Å². The van der Waals surface area contributed by atoms with Crippen molar-refractivity contribution >= 4 is 17.9 Å². The van der Waals surface area contributed by atoms with Gasteiger partial charge in [0.1, 0.15) is 0 Å². The lowest BCUT2D eigenvalue weighted by atomic mass is 10.1. The van der Waals surface area contributed by atoms with Crippen LogP contribution < -0.4 is 10.6 Å². The van der Waals surface area contributed by atoms with Crippen LogP contribution in [0.15, 0.2) is 54.7 Å². The molecule has 1 saturated carbocycles. The lowest BCUT2D eigenvalue weighted by molar-refractivity contribution is -0.116. The highest BCUT2D eigenvalue weighted by Gasteiger charge is 2.23. The SMILES string of the molecule is O=C(C=Cc1ccc(C(=O)NC2CC2)cc1)NCc1ccccn1. The van der Waals surface area contributed by atoms with Gasteiger partial charge in [0.15, 0.2) is 0 Å². The zero-order chi connectivity index (χ0) is 16.8. The zero-order valence-electron chi connectivity index (χ0n) is 13.2. The van der Waals surface area contributed by atoms with Gasteiger partial charge in [-0.25, -0.2) is 0 Å². The maximum Gasteiger partial charge on any atom is 0.251 e. The van der Waals surface area contributed by atoms with Gasteiger partial charge in [0.2, 0.25) is 5.91 Å². The Kier molecular flexibility index (Phi) is 5.01. The molecule has 0 unspecified atom stereocenters. The van der Waals surface area contributed by atoms with E-state index in [1.165, 1.54) is 6.08 Å². The quantitative estimate of drug-likeness (QED) is 0.802. The number of carbonyl (C=O) groups excluding carboxylic acids is 2. The van der Waals surface area contributed by atoms with Gasteiger partial charge in [0.25, 0.3) is 5.91 Å². The van der Waals surface area contributed by atoms with Crippen molar-refractivity contribution in [2.75, 3.05) is 0 Å². The van der Waals surface area contributed by atoms with Crippen LogP contribution in [0, 0.1) is 0 Å². The molecule has 1 aliphatic carbocycles. The van der Waals surface area contributed by atoms with Crippen molar-refractivity contribution in [2.45, 2.75) is 25.4 Å². The number of nitrogens with zero attached hydrogens (tertiary/aromatic N) is 1. The van der Waals surface area contributed by atoms with Crippen LogP contribution in [0.4, 0.5) is 0 Å². The molecule has 0 spiro atoms. The van der Waals surface area contributed by atoms with Gasteiger partial charge < -0.3 is 10.6 Å². The predicted molar refractivity (Wildman–Crippen MR) is 92.0 cm³/mol. The van der Waals surface area contributed by atoms with Gasteiger partial charge in [0.05, 0.1) is 12.2 Å². The maximum atomic E-state index is 11.9. The van der Waals surface area contributed by atoms with Crippen molar-refractivity contribution in [3.8, 4) is 0 Å². The Balaban J connectivity index is 1.50. The summed E-state index contributed by atoms with van der Waals surface area (Å²) in [6.45, 7) is 0.393. The fourth-order valence-corrected chi connectivity index (χ4v) is 2.15. The first-order chi connectivity index (χ1) is 11.7. The van der Waals surface area contributed by atoms with Crippen LogP contribution in [-0.4, -0.2) is 22.8 Å². The number of hydrogen-bond acceptors (Lipinski definition) is 3. The highest BCUT2D eigenvalue weighted by molar-refractivity contribution is 5.95. The van der Waals surface area contributed by atoms with Crippen LogP contribution in [0.2, 0.25) is 0 Å². The van der Waals surface area contributed by atoms with E-state index >= 15 is 0 Å². The lowest BCUT2D eigenvalue weighted by Crippen LogP contribution is -2.25. The van der Waals surface area contributed by atoms with Crippen LogP contribution in [0.25, 0.3) is 6.08 Å². The summed E-state index contributed by atoms with van der Waals surface area (Å²) in [5, 5.41) is 5.72. The van der Waals surface area contributed by atoms with E-state index < -0.39 is 0 Å². The Labute approximate surface area is 140 Å². The molecule has 2 aromatic rings. The van der Waals surface area contributed by atoms with E-state index in [-0.39, 0.29) is 11.8 Å². The van der Waals surface area contributed by atoms with Gasteiger partial charge in [-0.05, 0) is 48.7 Å². The van der Waals surface area contributed by atoms with Gasteiger partial charge in [-0.1, -0.05) is 18.2 Å². The van der Waals surface area contributed by atoms with Crippen molar-refractivity contribution in [1.29, 1.82) is 0 Å². The van der Waals surface area contributed by atoms with Crippen LogP contribution >= 0.6 is 0 Å². The van der Waals surface area contributed by atoms with Crippen LogP contribution in [0.1, 0.15) is 34.5 Å². The van der Waals surface area contributed by atoms with E-state index in [4.69, 9.17) is 0 Å². The molecule has 0 radical (unpaired) electrons. The van der Waals surface area contributed by atoms with Crippen molar-refractivity contribution in [3.63, 3.8) is 0 Å². The van der Waals surface area contributed by atoms with Crippen LogP contribution in [0.5, 0.6) is 0 Å². The standard InChI is InChI=1S/C19H19N3O2/c23-18(21-13-17-3-1-2-12-20-17)11-6-14-4-7-15(8-5-14)19(24)22-16-9-10-16/h1-8,11-12,16H,9-10,13H2,(H,21,23)(H,22,24). The third kappa shape index (κ3) is 4.78. The molecular weight excluding hydrogens is 302 g/mol. The molecule has 1 fully saturated rings. The Morgan fingerprint density at radius 2 is 1.92 bits per heavy atom. The molecular formula is C19H19N3O2. The maximum absolute atomic E-state index is 11.9. The molecule has 1 aromatic carbocycles. The van der Waals surface area contributed by atoms with Crippen LogP contribution in [-0.2, 0) is 11.3 Å². The third-order valence-corrected chi connectivity index (χ3v) is 3.68. The summed E-state index contributed by atoms with van der Waals surface area (Å²) in [7, 11) is 0. The number of carbonyl (C=O) groups is 2. The second-order valence-electron chi connectivity index (χ2n) is 5.74. The number of pyridine rings is 1. The molecule has 0 aliphatic heterocycles. The molecule has 1 aliphatic rings. The minimum absolute atomic E-state index is 0.0406. The first kappa shape index (κ1) is 15.9. The molecule has 3 rings (SSSR count). The minimum Gasteiger partial charge on any atom is -0.349 e. The van der Waals surface area contributed by atoms with E-state index in [0.717, 1.165) is 24.1 Å². The number of rotatable bonds is 6. The average molecular weight is 321 g/mol. The van der Waals surface area contributed by atoms with Crippen molar-refractivity contribution in [3.05, 3.63) is 71.6 Å². The molecule has 122 valence electrons. The largest absolute Gasteiger partial charge is 0.349 e. The number of nitrogens with one attached hydrogen (secondary N) is 2. The van der Waals surface area contributed by atoms with Crippen molar-refractivity contribution in [2.24, 2.45) is 0 Å². The van der Waals surface area contributed by atoms with Gasteiger partial charge >= 0.3 is 0 Å². The van der Waals surface area contributed by atoms with E-state index in [0.29, 0.717) is 18.2 Å². The van der Waals surface area contributed by atoms with E-state index in [1.54, 1.807) is 24.4 Å². The Hall–Kier alpha value is -2.95. The van der Waals surface area contributed by atoms with E-state index in [1.807, 2.05) is 30.3 Å². The lowest BCUT2D eigenvalue weighted by Gasteiger charge is -2.03. The summed E-state index contributed by atoms with van der Waals surface area (Å²) < 4.78 is 0. The smallest absolute Gasteiger partial charge is 0.251 e. The molecule has 5 nitrogen and oxygen atoms in total. The fourth-order valence-electron chi connectivity index (χ4n) is 2.15. The summed E-state index contributed by atoms with van der Waals surface area (Å²) in [6, 6.07) is 13.1. The molecule has 24 heavy (non-hydrogen) atoms. The number of amides is 2. The van der Waals surface area contributed by atoms with Gasteiger partial charge in [-0.2, -0.15) is 0 Å². The number of hydrogen-bond donors (Lipinski definition) is 2.